The van der Waals surface area contributed by atoms with Gasteiger partial charge in [0.25, 0.3) is 0 Å². The van der Waals surface area contributed by atoms with E-state index < -0.39 is 0 Å². The predicted molar refractivity (Wildman–Crippen MR) is 98.1 cm³/mol. The summed E-state index contributed by atoms with van der Waals surface area (Å²) in [5.41, 5.74) is 2.28. The average Bonchev–Trinajstić information content (AvgIpc) is 2.58. The standard InChI is InChI=1S/C20H26ClNO.ClH/c1-2-3-4-8-13-22-15-18-14-19(21)11-12-20(18)23-16-17-9-6-5-7-10-17;/h5-7,9-12,14,22H,2-4,8,13,15-16H2,1H3;1H/p-1. The van der Waals surface area contributed by atoms with Crippen molar-refractivity contribution < 1.29 is 17.1 Å². The molecule has 2 aromatic carbocycles. The van der Waals surface area contributed by atoms with Gasteiger partial charge in [-0.25, -0.2) is 0 Å². The van der Waals surface area contributed by atoms with E-state index in [1.54, 1.807) is 0 Å². The summed E-state index contributed by atoms with van der Waals surface area (Å²) in [7, 11) is 0. The lowest BCUT2D eigenvalue weighted by atomic mass is 10.1. The fourth-order valence-electron chi connectivity index (χ4n) is 2.46. The van der Waals surface area contributed by atoms with Crippen molar-refractivity contribution in [2.24, 2.45) is 0 Å². The second-order valence-electron chi connectivity index (χ2n) is 5.76. The Bertz CT molecular complexity index is 575. The Balaban J connectivity index is 0.00000288. The number of hydrogen-bond donors (Lipinski definition) is 1. The van der Waals surface area contributed by atoms with Crippen molar-refractivity contribution >= 4 is 11.6 Å². The number of unbranched alkanes of at least 4 members (excludes halogenated alkanes) is 3. The van der Waals surface area contributed by atoms with E-state index in [2.05, 4.69) is 24.4 Å². The first-order valence-electron chi connectivity index (χ1n) is 8.45. The Morgan fingerprint density at radius 3 is 2.54 bits per heavy atom. The second kappa shape index (κ2) is 12.2. The van der Waals surface area contributed by atoms with Crippen LogP contribution in [0.25, 0.3) is 0 Å². The zero-order chi connectivity index (χ0) is 16.3. The molecule has 132 valence electrons. The normalized spacial score (nSPS) is 10.2. The molecule has 0 amide bonds. The first-order chi connectivity index (χ1) is 11.3. The molecule has 0 bridgehead atoms. The minimum atomic E-state index is 0. The van der Waals surface area contributed by atoms with Crippen molar-refractivity contribution in [2.75, 3.05) is 6.54 Å². The Morgan fingerprint density at radius 2 is 1.79 bits per heavy atom. The molecule has 2 nitrogen and oxygen atoms in total. The Labute approximate surface area is 157 Å². The molecule has 0 heterocycles. The molecule has 0 saturated heterocycles. The van der Waals surface area contributed by atoms with Gasteiger partial charge in [-0.1, -0.05) is 68.1 Å². The summed E-state index contributed by atoms with van der Waals surface area (Å²) < 4.78 is 5.98. The lowest BCUT2D eigenvalue weighted by Crippen LogP contribution is -3.00. The molecule has 0 aromatic heterocycles. The van der Waals surface area contributed by atoms with Crippen molar-refractivity contribution in [2.45, 2.75) is 45.8 Å². The average molecular weight is 367 g/mol. The van der Waals surface area contributed by atoms with Gasteiger partial charge >= 0.3 is 0 Å². The number of halogens is 2. The van der Waals surface area contributed by atoms with E-state index in [0.717, 1.165) is 29.4 Å². The summed E-state index contributed by atoms with van der Waals surface area (Å²) in [4.78, 5) is 0. The molecule has 24 heavy (non-hydrogen) atoms. The van der Waals surface area contributed by atoms with E-state index in [0.29, 0.717) is 6.61 Å². The third-order valence-electron chi connectivity index (χ3n) is 3.78. The molecule has 2 rings (SSSR count). The van der Waals surface area contributed by atoms with Gasteiger partial charge in [0.2, 0.25) is 0 Å². The Kier molecular flexibility index (Phi) is 10.6. The fraction of sp³-hybridized carbons (Fsp3) is 0.400. The highest BCUT2D eigenvalue weighted by molar-refractivity contribution is 6.30. The maximum atomic E-state index is 6.13. The molecule has 0 atom stereocenters. The molecule has 0 aliphatic carbocycles. The molecule has 2 aromatic rings. The van der Waals surface area contributed by atoms with E-state index in [1.807, 2.05) is 36.4 Å². The Hall–Kier alpha value is -1.22. The molecule has 0 radical (unpaired) electrons. The first kappa shape index (κ1) is 20.8. The van der Waals surface area contributed by atoms with Crippen LogP contribution in [0.15, 0.2) is 48.5 Å². The van der Waals surface area contributed by atoms with Crippen molar-refractivity contribution in [1.29, 1.82) is 0 Å². The van der Waals surface area contributed by atoms with Crippen LogP contribution in [0.4, 0.5) is 0 Å². The summed E-state index contributed by atoms with van der Waals surface area (Å²) in [6.45, 7) is 4.63. The summed E-state index contributed by atoms with van der Waals surface area (Å²) in [5, 5.41) is 4.24. The number of nitrogens with one attached hydrogen (secondary N) is 1. The van der Waals surface area contributed by atoms with E-state index in [1.165, 1.54) is 31.2 Å². The van der Waals surface area contributed by atoms with Gasteiger partial charge in [0.15, 0.2) is 0 Å². The summed E-state index contributed by atoms with van der Waals surface area (Å²) in [6, 6.07) is 16.0. The van der Waals surface area contributed by atoms with Crippen molar-refractivity contribution in [3.05, 3.63) is 64.7 Å². The number of hydrogen-bond acceptors (Lipinski definition) is 2. The molecule has 0 aliphatic rings. The minimum Gasteiger partial charge on any atom is -1.00 e. The van der Waals surface area contributed by atoms with Gasteiger partial charge in [-0.3, -0.25) is 0 Å². The molecule has 0 aliphatic heterocycles. The van der Waals surface area contributed by atoms with E-state index in [9.17, 15) is 0 Å². The SMILES string of the molecule is CCCCCCNCc1cc(Cl)ccc1OCc1ccccc1.[Cl-]. The van der Waals surface area contributed by atoms with Gasteiger partial charge in [-0.15, -0.1) is 0 Å². The highest BCUT2D eigenvalue weighted by Gasteiger charge is 2.05. The molecular formula is C20H26Cl2NO-. The van der Waals surface area contributed by atoms with Crippen LogP contribution in [0.5, 0.6) is 5.75 Å². The highest BCUT2D eigenvalue weighted by atomic mass is 35.5. The monoisotopic (exact) mass is 366 g/mol. The second-order valence-corrected chi connectivity index (χ2v) is 6.20. The zero-order valence-electron chi connectivity index (χ0n) is 14.2. The third kappa shape index (κ3) is 7.57. The zero-order valence-corrected chi connectivity index (χ0v) is 15.7. The lowest BCUT2D eigenvalue weighted by Gasteiger charge is -2.13. The highest BCUT2D eigenvalue weighted by Crippen LogP contribution is 2.24. The van der Waals surface area contributed by atoms with Gasteiger partial charge in [0.1, 0.15) is 12.4 Å². The minimum absolute atomic E-state index is 0. The molecule has 0 spiro atoms. The quantitative estimate of drug-likeness (QED) is 0.652. The van der Waals surface area contributed by atoms with Crippen LogP contribution in [0.2, 0.25) is 5.02 Å². The number of ether oxygens (including phenoxy) is 1. The van der Waals surface area contributed by atoms with Crippen LogP contribution < -0.4 is 22.5 Å². The molecule has 1 N–H and O–H groups in total. The summed E-state index contributed by atoms with van der Waals surface area (Å²) >= 11 is 6.13. The molecule has 0 unspecified atom stereocenters. The molecule has 0 saturated carbocycles. The van der Waals surface area contributed by atoms with Crippen LogP contribution in [0.3, 0.4) is 0 Å². The maximum absolute atomic E-state index is 6.13. The summed E-state index contributed by atoms with van der Waals surface area (Å²) in [6.07, 6.45) is 5.08. The largest absolute Gasteiger partial charge is 1.00 e. The third-order valence-corrected chi connectivity index (χ3v) is 4.02. The van der Waals surface area contributed by atoms with Crippen LogP contribution in [-0.2, 0) is 13.2 Å². The number of rotatable bonds is 10. The van der Waals surface area contributed by atoms with Gasteiger partial charge in [-0.05, 0) is 36.7 Å². The van der Waals surface area contributed by atoms with Crippen LogP contribution in [0.1, 0.15) is 43.7 Å². The Morgan fingerprint density at radius 1 is 1.00 bits per heavy atom. The first-order valence-corrected chi connectivity index (χ1v) is 8.83. The van der Waals surface area contributed by atoms with E-state index in [-0.39, 0.29) is 12.4 Å². The van der Waals surface area contributed by atoms with Crippen LogP contribution in [-0.4, -0.2) is 6.54 Å². The van der Waals surface area contributed by atoms with Crippen LogP contribution in [0, 0.1) is 0 Å². The lowest BCUT2D eigenvalue weighted by molar-refractivity contribution is -0.00000505. The molecular weight excluding hydrogens is 341 g/mol. The van der Waals surface area contributed by atoms with Gasteiger partial charge in [0, 0.05) is 17.1 Å². The topological polar surface area (TPSA) is 21.3 Å². The smallest absolute Gasteiger partial charge is 0.124 e. The van der Waals surface area contributed by atoms with E-state index in [4.69, 9.17) is 16.3 Å². The molecule has 0 fully saturated rings. The van der Waals surface area contributed by atoms with Crippen LogP contribution >= 0.6 is 11.6 Å². The fourth-order valence-corrected chi connectivity index (χ4v) is 2.66. The predicted octanol–water partition coefficient (Wildman–Crippen LogP) is 2.59. The van der Waals surface area contributed by atoms with Crippen molar-refractivity contribution in [3.63, 3.8) is 0 Å². The van der Waals surface area contributed by atoms with Gasteiger partial charge in [-0.2, -0.15) is 0 Å². The summed E-state index contributed by atoms with van der Waals surface area (Å²) in [5.74, 6) is 0.902. The maximum Gasteiger partial charge on any atom is 0.124 e. The van der Waals surface area contributed by atoms with E-state index >= 15 is 0 Å². The molecule has 4 heteroatoms. The van der Waals surface area contributed by atoms with Crippen molar-refractivity contribution in [1.82, 2.24) is 5.32 Å². The van der Waals surface area contributed by atoms with Crippen molar-refractivity contribution in [3.8, 4) is 5.75 Å². The van der Waals surface area contributed by atoms with Gasteiger partial charge in [0.05, 0.1) is 0 Å². The number of benzene rings is 2. The van der Waals surface area contributed by atoms with Gasteiger partial charge < -0.3 is 22.5 Å².